The number of hydrogen-bond acceptors (Lipinski definition) is 4. The lowest BCUT2D eigenvalue weighted by atomic mass is 10.1. The summed E-state index contributed by atoms with van der Waals surface area (Å²) in [6.45, 7) is 3.66. The molecule has 28 heavy (non-hydrogen) atoms. The van der Waals surface area contributed by atoms with Crippen molar-refractivity contribution in [2.24, 2.45) is 0 Å². The highest BCUT2D eigenvalue weighted by molar-refractivity contribution is 5.86. The second-order valence-electron chi connectivity index (χ2n) is 5.80. The Kier molecular flexibility index (Phi) is 7.14. The van der Waals surface area contributed by atoms with E-state index in [0.717, 1.165) is 6.07 Å². The monoisotopic (exact) mass is 397 g/mol. The molecule has 0 atom stereocenters. The zero-order valence-corrected chi connectivity index (χ0v) is 15.9. The van der Waals surface area contributed by atoms with Gasteiger partial charge in [-0.1, -0.05) is 19.1 Å². The Balaban J connectivity index is 2.37. The highest BCUT2D eigenvalue weighted by atomic mass is 19.4. The summed E-state index contributed by atoms with van der Waals surface area (Å²) in [6.07, 6.45) is -4.78. The van der Waals surface area contributed by atoms with E-state index >= 15 is 0 Å². The van der Waals surface area contributed by atoms with Crippen LogP contribution in [-0.4, -0.2) is 19.8 Å². The van der Waals surface area contributed by atoms with Crippen LogP contribution in [0.3, 0.4) is 0 Å². The lowest BCUT2D eigenvalue weighted by Gasteiger charge is -2.18. The Morgan fingerprint density at radius 2 is 1.82 bits per heavy atom. The van der Waals surface area contributed by atoms with Crippen LogP contribution in [-0.2, 0) is 23.9 Å². The van der Waals surface area contributed by atoms with Gasteiger partial charge in [0.25, 0.3) is 0 Å². The third-order valence-corrected chi connectivity index (χ3v) is 3.98. The van der Waals surface area contributed by atoms with Gasteiger partial charge in [-0.2, -0.15) is 13.2 Å². The van der Waals surface area contributed by atoms with Gasteiger partial charge in [0, 0.05) is 0 Å². The van der Waals surface area contributed by atoms with Crippen molar-refractivity contribution in [1.82, 2.24) is 0 Å². The maximum atomic E-state index is 13.4. The third-order valence-electron chi connectivity index (χ3n) is 3.98. The van der Waals surface area contributed by atoms with Gasteiger partial charge in [-0.05, 0) is 43.2 Å². The third kappa shape index (κ3) is 5.31. The van der Waals surface area contributed by atoms with Crippen molar-refractivity contribution in [2.75, 3.05) is 19.0 Å². The Hall–Kier alpha value is -2.90. The van der Waals surface area contributed by atoms with Gasteiger partial charge < -0.3 is 14.2 Å². The molecule has 0 saturated heterocycles. The van der Waals surface area contributed by atoms with Crippen LogP contribution in [0.25, 0.3) is 0 Å². The Morgan fingerprint density at radius 3 is 2.43 bits per heavy atom. The molecule has 0 aliphatic carbocycles. The number of methoxy groups -OCH3 is 1. The summed E-state index contributed by atoms with van der Waals surface area (Å²) in [7, 11) is 1.21. The summed E-state index contributed by atoms with van der Waals surface area (Å²) in [6, 6.07) is 8.86. The van der Waals surface area contributed by atoms with Crippen LogP contribution in [0.1, 0.15) is 30.5 Å². The number of aryl methyl sites for hydroxylation is 1. The summed E-state index contributed by atoms with van der Waals surface area (Å²) >= 11 is 0. The number of carbonyl (C=O) groups excluding carboxylic acids is 1. The number of rotatable bonds is 7. The van der Waals surface area contributed by atoms with E-state index in [2.05, 4.69) is 10.1 Å². The van der Waals surface area contributed by atoms with Crippen LogP contribution in [0.15, 0.2) is 36.4 Å². The van der Waals surface area contributed by atoms with Crippen LogP contribution < -0.4 is 14.8 Å². The first-order valence-corrected chi connectivity index (χ1v) is 8.72. The average molecular weight is 397 g/mol. The van der Waals surface area contributed by atoms with E-state index < -0.39 is 17.8 Å². The summed E-state index contributed by atoms with van der Waals surface area (Å²) in [5.74, 6) is 0.107. The number of halogens is 3. The molecule has 0 heterocycles. The minimum Gasteiger partial charge on any atom is -0.493 e. The van der Waals surface area contributed by atoms with Crippen molar-refractivity contribution in [3.05, 3.63) is 53.1 Å². The van der Waals surface area contributed by atoms with Crippen molar-refractivity contribution in [2.45, 2.75) is 33.1 Å². The van der Waals surface area contributed by atoms with Gasteiger partial charge in [0.05, 0.1) is 30.5 Å². The molecule has 2 aromatic carbocycles. The van der Waals surface area contributed by atoms with E-state index in [0.29, 0.717) is 35.6 Å². The first-order chi connectivity index (χ1) is 13.3. The van der Waals surface area contributed by atoms with E-state index in [-0.39, 0.29) is 12.4 Å². The second-order valence-corrected chi connectivity index (χ2v) is 5.80. The summed E-state index contributed by atoms with van der Waals surface area (Å²) in [5, 5.41) is 2.52. The fraction of sp³-hybridized carbons (Fsp3) is 0.350. The highest BCUT2D eigenvalue weighted by Gasteiger charge is 2.34. The van der Waals surface area contributed by atoms with Crippen LogP contribution in [0.5, 0.6) is 11.5 Å². The number of carbonyl (C=O) groups is 1. The van der Waals surface area contributed by atoms with Crippen LogP contribution in [0.2, 0.25) is 0 Å². The van der Waals surface area contributed by atoms with Crippen molar-refractivity contribution in [1.29, 1.82) is 0 Å². The molecule has 8 heteroatoms. The Labute approximate surface area is 161 Å². The smallest absolute Gasteiger partial charge is 0.419 e. The number of hydrogen-bond donors (Lipinski definition) is 1. The zero-order valence-electron chi connectivity index (χ0n) is 15.9. The van der Waals surface area contributed by atoms with Crippen LogP contribution in [0.4, 0.5) is 23.7 Å². The lowest BCUT2D eigenvalue weighted by molar-refractivity contribution is -0.139. The molecule has 1 amide bonds. The van der Waals surface area contributed by atoms with Crippen molar-refractivity contribution in [3.63, 3.8) is 0 Å². The zero-order chi connectivity index (χ0) is 20.7. The quantitative estimate of drug-likeness (QED) is 0.677. The van der Waals surface area contributed by atoms with Gasteiger partial charge in [-0.25, -0.2) is 4.79 Å². The number of anilines is 1. The van der Waals surface area contributed by atoms with E-state index in [1.807, 2.05) is 0 Å². The summed E-state index contributed by atoms with van der Waals surface area (Å²) in [4.78, 5) is 11.6. The molecule has 0 unspecified atom stereocenters. The normalized spacial score (nSPS) is 11.1. The highest BCUT2D eigenvalue weighted by Crippen LogP contribution is 2.38. The molecule has 0 fully saturated rings. The lowest BCUT2D eigenvalue weighted by Crippen LogP contribution is -2.15. The molecule has 0 saturated carbocycles. The van der Waals surface area contributed by atoms with Gasteiger partial charge in [0.15, 0.2) is 0 Å². The Bertz CT molecular complexity index is 822. The molecular formula is C20H22F3NO4. The number of nitrogens with one attached hydrogen (secondary N) is 1. The van der Waals surface area contributed by atoms with E-state index in [9.17, 15) is 18.0 Å². The van der Waals surface area contributed by atoms with Gasteiger partial charge in [0.2, 0.25) is 0 Å². The summed E-state index contributed by atoms with van der Waals surface area (Å²) < 4.78 is 55.8. The molecule has 0 aromatic heterocycles. The van der Waals surface area contributed by atoms with Gasteiger partial charge in [-0.15, -0.1) is 0 Å². The molecule has 152 valence electrons. The van der Waals surface area contributed by atoms with Gasteiger partial charge >= 0.3 is 12.3 Å². The SMILES string of the molecule is CCOc1cccc(NC(=O)OC)c1COc1ccc(CC)cc1C(F)(F)F. The maximum Gasteiger partial charge on any atom is 0.419 e. The predicted octanol–water partition coefficient (Wildman–Crippen LogP) is 5.42. The molecule has 5 nitrogen and oxygen atoms in total. The number of alkyl halides is 3. The molecule has 2 aromatic rings. The molecular weight excluding hydrogens is 375 g/mol. The van der Waals surface area contributed by atoms with Crippen LogP contribution in [0, 0.1) is 0 Å². The van der Waals surface area contributed by atoms with Crippen molar-refractivity contribution < 1.29 is 32.2 Å². The molecule has 0 aliphatic heterocycles. The van der Waals surface area contributed by atoms with E-state index in [1.165, 1.54) is 13.2 Å². The predicted molar refractivity (Wildman–Crippen MR) is 98.8 cm³/mol. The van der Waals surface area contributed by atoms with Gasteiger partial charge in [-0.3, -0.25) is 5.32 Å². The van der Waals surface area contributed by atoms with E-state index in [1.54, 1.807) is 38.1 Å². The van der Waals surface area contributed by atoms with Crippen LogP contribution >= 0.6 is 0 Å². The molecule has 0 bridgehead atoms. The average Bonchev–Trinajstić information content (AvgIpc) is 2.66. The molecule has 2 rings (SSSR count). The first kappa shape index (κ1) is 21.4. The molecule has 0 spiro atoms. The number of ether oxygens (including phenoxy) is 3. The molecule has 1 N–H and O–H groups in total. The van der Waals surface area contributed by atoms with Crippen molar-refractivity contribution >= 4 is 11.8 Å². The molecule has 0 radical (unpaired) electrons. The number of benzene rings is 2. The number of amides is 1. The Morgan fingerprint density at radius 1 is 1.07 bits per heavy atom. The summed E-state index contributed by atoms with van der Waals surface area (Å²) in [5.41, 5.74) is 0.449. The maximum absolute atomic E-state index is 13.4. The second kappa shape index (κ2) is 9.34. The topological polar surface area (TPSA) is 56.8 Å². The fourth-order valence-electron chi connectivity index (χ4n) is 2.58. The molecule has 0 aliphatic rings. The minimum absolute atomic E-state index is 0.232. The van der Waals surface area contributed by atoms with Gasteiger partial charge in [0.1, 0.15) is 18.1 Å². The standard InChI is InChI=1S/C20H22F3NO4/c1-4-13-9-10-18(15(11-13)20(21,22)23)28-12-14-16(24-19(25)26-3)7-6-8-17(14)27-5-2/h6-11H,4-5,12H2,1-3H3,(H,24,25). The van der Waals surface area contributed by atoms with Crippen molar-refractivity contribution in [3.8, 4) is 11.5 Å². The van der Waals surface area contributed by atoms with E-state index in [4.69, 9.17) is 9.47 Å². The first-order valence-electron chi connectivity index (χ1n) is 8.72. The largest absolute Gasteiger partial charge is 0.493 e. The fourth-order valence-corrected chi connectivity index (χ4v) is 2.58. The minimum atomic E-state index is -4.55.